The largest absolute Gasteiger partial charge is 0.378 e. The van der Waals surface area contributed by atoms with Crippen molar-refractivity contribution in [3.8, 4) is 11.3 Å². The average Bonchev–Trinajstić information content (AvgIpc) is 3.42. The van der Waals surface area contributed by atoms with E-state index in [0.717, 1.165) is 49.6 Å². The van der Waals surface area contributed by atoms with Crippen LogP contribution in [-0.4, -0.2) is 41.2 Å². The predicted molar refractivity (Wildman–Crippen MR) is 126 cm³/mol. The third kappa shape index (κ3) is 4.20. The molecule has 0 unspecified atom stereocenters. The molecule has 0 aliphatic carbocycles. The number of benzene rings is 2. The van der Waals surface area contributed by atoms with Crippen molar-refractivity contribution >= 4 is 55.9 Å². The average molecular weight is 451 g/mol. The van der Waals surface area contributed by atoms with Gasteiger partial charge in [-0.05, 0) is 18.2 Å². The van der Waals surface area contributed by atoms with Crippen molar-refractivity contribution in [2.75, 3.05) is 31.2 Å². The molecule has 0 spiro atoms. The molecule has 0 N–H and O–H groups in total. The topological polar surface area (TPSA) is 81.4 Å². The minimum atomic E-state index is -0.384. The van der Waals surface area contributed by atoms with Gasteiger partial charge < -0.3 is 9.64 Å². The number of thiazole rings is 2. The lowest BCUT2D eigenvalue weighted by atomic mass is 10.1. The van der Waals surface area contributed by atoms with E-state index in [4.69, 9.17) is 9.72 Å². The first-order valence-corrected chi connectivity index (χ1v) is 11.4. The molecule has 7 nitrogen and oxygen atoms in total. The van der Waals surface area contributed by atoms with Crippen LogP contribution in [0.25, 0.3) is 33.6 Å². The van der Waals surface area contributed by atoms with Crippen molar-refractivity contribution < 1.29 is 9.66 Å². The zero-order valence-electron chi connectivity index (χ0n) is 16.4. The van der Waals surface area contributed by atoms with Crippen LogP contribution in [0.15, 0.2) is 48.5 Å². The number of rotatable bonds is 5. The lowest BCUT2D eigenvalue weighted by Crippen LogP contribution is -2.36. The minimum absolute atomic E-state index is 0.0793. The molecule has 0 saturated carbocycles. The molecule has 0 radical (unpaired) electrons. The standard InChI is InChI=1S/C22H18N4O3S2/c27-26(28)16-6-7-17-19(14-16)30-20(23-17)9-8-18-21(15-4-2-1-3-5-15)24-22(31-18)25-10-12-29-13-11-25/h1-9,14H,10-13H2. The SMILES string of the molecule is O=[N+]([O-])c1ccc2nc(C=Cc3sc(N4CCOCC4)nc3-c3ccccc3)sc2c1. The Bertz CT molecular complexity index is 1260. The fourth-order valence-electron chi connectivity index (χ4n) is 3.39. The monoisotopic (exact) mass is 450 g/mol. The summed E-state index contributed by atoms with van der Waals surface area (Å²) in [6.45, 7) is 3.09. The zero-order valence-corrected chi connectivity index (χ0v) is 18.1. The molecule has 2 aromatic heterocycles. The number of nitro benzene ring substituents is 1. The Morgan fingerprint density at radius 3 is 2.61 bits per heavy atom. The maximum Gasteiger partial charge on any atom is 0.270 e. The molecule has 4 aromatic rings. The summed E-state index contributed by atoms with van der Waals surface area (Å²) < 4.78 is 6.27. The normalized spacial score (nSPS) is 14.5. The smallest absolute Gasteiger partial charge is 0.270 e. The van der Waals surface area contributed by atoms with E-state index < -0.39 is 0 Å². The van der Waals surface area contributed by atoms with Crippen LogP contribution in [-0.2, 0) is 4.74 Å². The van der Waals surface area contributed by atoms with Crippen LogP contribution in [0.5, 0.6) is 0 Å². The predicted octanol–water partition coefficient (Wildman–Crippen LogP) is 5.34. The number of nitro groups is 1. The van der Waals surface area contributed by atoms with Crippen molar-refractivity contribution in [1.29, 1.82) is 0 Å². The maximum atomic E-state index is 11.0. The second-order valence-electron chi connectivity index (χ2n) is 6.97. The van der Waals surface area contributed by atoms with Crippen LogP contribution < -0.4 is 4.90 Å². The highest BCUT2D eigenvalue weighted by Gasteiger charge is 2.18. The molecule has 31 heavy (non-hydrogen) atoms. The van der Waals surface area contributed by atoms with E-state index in [-0.39, 0.29) is 10.6 Å². The Balaban J connectivity index is 1.50. The zero-order chi connectivity index (χ0) is 21.2. The Morgan fingerprint density at radius 2 is 1.84 bits per heavy atom. The van der Waals surface area contributed by atoms with Gasteiger partial charge in [-0.15, -0.1) is 11.3 Å². The van der Waals surface area contributed by atoms with Crippen LogP contribution in [0, 0.1) is 10.1 Å². The van der Waals surface area contributed by atoms with Crippen molar-refractivity contribution in [3.63, 3.8) is 0 Å². The number of ether oxygens (including phenoxy) is 1. The van der Waals surface area contributed by atoms with Gasteiger partial charge in [-0.2, -0.15) is 0 Å². The van der Waals surface area contributed by atoms with E-state index in [0.29, 0.717) is 13.2 Å². The molecule has 1 aliphatic heterocycles. The molecule has 1 aliphatic rings. The fraction of sp³-hybridized carbons (Fsp3) is 0.182. The molecular weight excluding hydrogens is 432 g/mol. The summed E-state index contributed by atoms with van der Waals surface area (Å²) in [7, 11) is 0. The van der Waals surface area contributed by atoms with Crippen LogP contribution >= 0.6 is 22.7 Å². The molecule has 1 saturated heterocycles. The number of nitrogens with zero attached hydrogens (tertiary/aromatic N) is 4. The summed E-state index contributed by atoms with van der Waals surface area (Å²) in [4.78, 5) is 23.5. The highest BCUT2D eigenvalue weighted by Crippen LogP contribution is 2.35. The van der Waals surface area contributed by atoms with Crippen molar-refractivity contribution in [2.45, 2.75) is 0 Å². The number of fused-ring (bicyclic) bond motifs is 1. The molecule has 0 bridgehead atoms. The Hall–Kier alpha value is -3.14. The molecule has 2 aromatic carbocycles. The molecule has 156 valence electrons. The van der Waals surface area contributed by atoms with Gasteiger partial charge in [0.05, 0.1) is 38.9 Å². The van der Waals surface area contributed by atoms with Gasteiger partial charge >= 0.3 is 0 Å². The summed E-state index contributed by atoms with van der Waals surface area (Å²) >= 11 is 3.09. The van der Waals surface area contributed by atoms with E-state index in [1.165, 1.54) is 17.4 Å². The van der Waals surface area contributed by atoms with E-state index in [2.05, 4.69) is 22.0 Å². The van der Waals surface area contributed by atoms with Gasteiger partial charge in [-0.3, -0.25) is 10.1 Å². The lowest BCUT2D eigenvalue weighted by Gasteiger charge is -2.26. The van der Waals surface area contributed by atoms with E-state index in [1.54, 1.807) is 23.5 Å². The summed E-state index contributed by atoms with van der Waals surface area (Å²) in [5.74, 6) is 0. The second-order valence-corrected chi connectivity index (χ2v) is 9.04. The molecular formula is C22H18N4O3S2. The quantitative estimate of drug-likeness (QED) is 0.302. The number of anilines is 1. The molecule has 9 heteroatoms. The maximum absolute atomic E-state index is 11.0. The van der Waals surface area contributed by atoms with Gasteiger partial charge in [-0.1, -0.05) is 41.7 Å². The summed E-state index contributed by atoms with van der Waals surface area (Å²) in [5, 5.41) is 12.8. The second kappa shape index (κ2) is 8.54. The molecule has 3 heterocycles. The molecule has 0 atom stereocenters. The fourth-order valence-corrected chi connectivity index (χ4v) is 5.33. The van der Waals surface area contributed by atoms with Gasteiger partial charge in [0.25, 0.3) is 5.69 Å². The van der Waals surface area contributed by atoms with Crippen LogP contribution in [0.3, 0.4) is 0 Å². The molecule has 1 fully saturated rings. The van der Waals surface area contributed by atoms with Crippen molar-refractivity contribution in [1.82, 2.24) is 9.97 Å². The number of hydrogen-bond donors (Lipinski definition) is 0. The van der Waals surface area contributed by atoms with Gasteiger partial charge in [0.15, 0.2) is 5.13 Å². The lowest BCUT2D eigenvalue weighted by molar-refractivity contribution is -0.384. The highest BCUT2D eigenvalue weighted by molar-refractivity contribution is 7.19. The number of aromatic nitrogens is 2. The Labute approximate surface area is 186 Å². The van der Waals surface area contributed by atoms with Crippen molar-refractivity contribution in [3.05, 3.63) is 68.5 Å². The summed E-state index contributed by atoms with van der Waals surface area (Å²) in [6.07, 6.45) is 4.00. The van der Waals surface area contributed by atoms with Gasteiger partial charge in [0.1, 0.15) is 5.01 Å². The summed E-state index contributed by atoms with van der Waals surface area (Å²) in [5.41, 5.74) is 2.85. The first kappa shape index (κ1) is 19.8. The van der Waals surface area contributed by atoms with Gasteiger partial charge in [-0.25, -0.2) is 9.97 Å². The third-order valence-electron chi connectivity index (χ3n) is 4.95. The van der Waals surface area contributed by atoms with Gasteiger partial charge in [0.2, 0.25) is 0 Å². The summed E-state index contributed by atoms with van der Waals surface area (Å²) in [6, 6.07) is 14.9. The number of morpholine rings is 1. The van der Waals surface area contributed by atoms with Crippen molar-refractivity contribution in [2.24, 2.45) is 0 Å². The number of non-ortho nitro benzene ring substituents is 1. The first-order chi connectivity index (χ1) is 15.2. The molecule has 5 rings (SSSR count). The van der Waals surface area contributed by atoms with Crippen LogP contribution in [0.1, 0.15) is 9.88 Å². The van der Waals surface area contributed by atoms with Crippen LogP contribution in [0.4, 0.5) is 10.8 Å². The highest BCUT2D eigenvalue weighted by atomic mass is 32.1. The first-order valence-electron chi connectivity index (χ1n) is 9.79. The van der Waals surface area contributed by atoms with E-state index in [1.807, 2.05) is 30.4 Å². The third-order valence-corrected chi connectivity index (χ3v) is 7.01. The van der Waals surface area contributed by atoms with Gasteiger partial charge in [0, 0.05) is 30.8 Å². The minimum Gasteiger partial charge on any atom is -0.378 e. The van der Waals surface area contributed by atoms with Crippen LogP contribution in [0.2, 0.25) is 0 Å². The van der Waals surface area contributed by atoms with E-state index in [9.17, 15) is 10.1 Å². The number of hydrogen-bond acceptors (Lipinski definition) is 8. The Morgan fingerprint density at radius 1 is 1.03 bits per heavy atom. The Kier molecular flexibility index (Phi) is 5.46. The van der Waals surface area contributed by atoms with E-state index >= 15 is 0 Å². The molecule has 0 amide bonds.